The summed E-state index contributed by atoms with van der Waals surface area (Å²) in [6.07, 6.45) is -1.65. The molecule has 0 aromatic heterocycles. The standard InChI is InChI=1S/C29H41FO/c1-16(2)21-11-12-23(24(13-21)18(5)6)29(31)28(30)27-25(19(7)8)14-22(17(3)4)15-26(27)20(9)10/h11-20,28H,1-10H3. The van der Waals surface area contributed by atoms with Crippen LogP contribution in [0.15, 0.2) is 30.3 Å². The predicted octanol–water partition coefficient (Wildman–Crippen LogP) is 9.20. The summed E-state index contributed by atoms with van der Waals surface area (Å²) in [6.45, 7) is 21.1. The number of alkyl halides is 1. The van der Waals surface area contributed by atoms with Gasteiger partial charge in [0.15, 0.2) is 6.17 Å². The van der Waals surface area contributed by atoms with Gasteiger partial charge in [-0.3, -0.25) is 4.79 Å². The molecule has 0 bridgehead atoms. The van der Waals surface area contributed by atoms with Crippen LogP contribution in [-0.2, 0) is 0 Å². The van der Waals surface area contributed by atoms with Gasteiger partial charge in [-0.15, -0.1) is 0 Å². The van der Waals surface area contributed by atoms with E-state index >= 15 is 4.39 Å². The molecule has 0 saturated carbocycles. The number of hydrogen-bond acceptors (Lipinski definition) is 1. The second kappa shape index (κ2) is 10.1. The fourth-order valence-corrected chi connectivity index (χ4v) is 4.21. The van der Waals surface area contributed by atoms with Crippen LogP contribution in [0.5, 0.6) is 0 Å². The fourth-order valence-electron chi connectivity index (χ4n) is 4.21. The van der Waals surface area contributed by atoms with Gasteiger partial charge >= 0.3 is 0 Å². The lowest BCUT2D eigenvalue weighted by atomic mass is 9.80. The molecule has 2 aromatic rings. The maximum Gasteiger partial charge on any atom is 0.201 e. The van der Waals surface area contributed by atoms with E-state index in [1.807, 2.05) is 12.1 Å². The van der Waals surface area contributed by atoms with Crippen molar-refractivity contribution in [2.45, 2.75) is 105 Å². The Hall–Kier alpha value is -1.96. The molecule has 0 aliphatic rings. The number of hydrogen-bond donors (Lipinski definition) is 0. The van der Waals surface area contributed by atoms with Gasteiger partial charge in [-0.25, -0.2) is 4.39 Å². The summed E-state index contributed by atoms with van der Waals surface area (Å²) in [5.41, 5.74) is 6.35. The van der Waals surface area contributed by atoms with E-state index in [2.05, 4.69) is 87.4 Å². The van der Waals surface area contributed by atoms with Crippen LogP contribution in [0.25, 0.3) is 0 Å². The molecule has 1 nitrogen and oxygen atoms in total. The molecule has 0 radical (unpaired) electrons. The summed E-state index contributed by atoms with van der Waals surface area (Å²) in [5.74, 6) is 0.748. The first kappa shape index (κ1) is 25.3. The van der Waals surface area contributed by atoms with Crippen molar-refractivity contribution in [2.75, 3.05) is 0 Å². The summed E-state index contributed by atoms with van der Waals surface area (Å²) in [7, 11) is 0. The molecule has 0 spiro atoms. The maximum absolute atomic E-state index is 16.1. The van der Waals surface area contributed by atoms with Crippen molar-refractivity contribution in [2.24, 2.45) is 0 Å². The third-order valence-electron chi connectivity index (χ3n) is 6.29. The zero-order valence-electron chi connectivity index (χ0n) is 21.1. The zero-order valence-corrected chi connectivity index (χ0v) is 21.1. The molecule has 2 heteroatoms. The fraction of sp³-hybridized carbons (Fsp3) is 0.552. The van der Waals surface area contributed by atoms with Gasteiger partial charge in [-0.05, 0) is 57.4 Å². The van der Waals surface area contributed by atoms with Crippen LogP contribution in [0.1, 0.15) is 149 Å². The largest absolute Gasteiger partial charge is 0.290 e. The molecule has 0 fully saturated rings. The Morgan fingerprint density at radius 3 is 1.42 bits per heavy atom. The number of benzene rings is 2. The minimum Gasteiger partial charge on any atom is -0.290 e. The van der Waals surface area contributed by atoms with Gasteiger partial charge in [0.25, 0.3) is 0 Å². The van der Waals surface area contributed by atoms with E-state index < -0.39 is 12.0 Å². The molecule has 0 heterocycles. The highest BCUT2D eigenvalue weighted by molar-refractivity contribution is 6.02. The number of carbonyl (C=O) groups excluding carboxylic acids is 1. The molecule has 0 aliphatic heterocycles. The minimum absolute atomic E-state index is 0.144. The quantitative estimate of drug-likeness (QED) is 0.386. The lowest BCUT2D eigenvalue weighted by Crippen LogP contribution is -2.17. The van der Waals surface area contributed by atoms with E-state index in [4.69, 9.17) is 0 Å². The van der Waals surface area contributed by atoms with Crippen LogP contribution in [0.4, 0.5) is 4.39 Å². The lowest BCUT2D eigenvalue weighted by molar-refractivity contribution is 0.0874. The summed E-state index contributed by atoms with van der Waals surface area (Å²) in [4.78, 5) is 13.5. The number of ketones is 1. The van der Waals surface area contributed by atoms with E-state index in [-0.39, 0.29) is 17.8 Å². The van der Waals surface area contributed by atoms with Crippen molar-refractivity contribution in [1.82, 2.24) is 0 Å². The second-order valence-electron chi connectivity index (χ2n) is 10.5. The van der Waals surface area contributed by atoms with Gasteiger partial charge in [-0.1, -0.05) is 99.6 Å². The lowest BCUT2D eigenvalue weighted by Gasteiger charge is -2.25. The molecule has 0 amide bonds. The SMILES string of the molecule is CC(C)c1ccc(C(=O)C(F)c2c(C(C)C)cc(C(C)C)cc2C(C)C)c(C(C)C)c1. The molecule has 1 atom stereocenters. The highest BCUT2D eigenvalue weighted by Gasteiger charge is 2.31. The third kappa shape index (κ3) is 5.45. The summed E-state index contributed by atoms with van der Waals surface area (Å²) in [5, 5.41) is 0. The van der Waals surface area contributed by atoms with Crippen LogP contribution in [-0.4, -0.2) is 5.78 Å². The Kier molecular flexibility index (Phi) is 8.25. The van der Waals surface area contributed by atoms with Crippen LogP contribution in [0, 0.1) is 0 Å². The number of rotatable bonds is 8. The second-order valence-corrected chi connectivity index (χ2v) is 10.5. The minimum atomic E-state index is -1.65. The Morgan fingerprint density at radius 1 is 0.613 bits per heavy atom. The van der Waals surface area contributed by atoms with Gasteiger partial charge in [0, 0.05) is 11.1 Å². The smallest absolute Gasteiger partial charge is 0.201 e. The van der Waals surface area contributed by atoms with Gasteiger partial charge in [0.2, 0.25) is 5.78 Å². The average molecular weight is 425 g/mol. The normalized spacial score (nSPS) is 13.2. The first-order chi connectivity index (χ1) is 14.4. The van der Waals surface area contributed by atoms with E-state index in [1.165, 1.54) is 11.1 Å². The first-order valence-electron chi connectivity index (χ1n) is 11.9. The van der Waals surface area contributed by atoms with Crippen molar-refractivity contribution in [3.8, 4) is 0 Å². The zero-order chi connectivity index (χ0) is 23.6. The van der Waals surface area contributed by atoms with Gasteiger partial charge in [0.05, 0.1) is 0 Å². The molecule has 170 valence electrons. The average Bonchev–Trinajstić information content (AvgIpc) is 2.70. The first-order valence-corrected chi connectivity index (χ1v) is 11.9. The maximum atomic E-state index is 16.1. The summed E-state index contributed by atoms with van der Waals surface area (Å²) in [6, 6.07) is 10.1. The highest BCUT2D eigenvalue weighted by Crippen LogP contribution is 2.39. The van der Waals surface area contributed by atoms with Crippen molar-refractivity contribution in [3.05, 3.63) is 69.3 Å². The van der Waals surface area contributed by atoms with Crippen LogP contribution < -0.4 is 0 Å². The molecule has 2 aromatic carbocycles. The molecule has 0 N–H and O–H groups in total. The molecule has 0 aliphatic carbocycles. The van der Waals surface area contributed by atoms with Crippen LogP contribution in [0.3, 0.4) is 0 Å². The Labute approximate surface area is 189 Å². The molecular formula is C29H41FO. The van der Waals surface area contributed by atoms with Crippen molar-refractivity contribution in [1.29, 1.82) is 0 Å². The van der Waals surface area contributed by atoms with Crippen LogP contribution in [0.2, 0.25) is 0 Å². The molecule has 31 heavy (non-hydrogen) atoms. The monoisotopic (exact) mass is 424 g/mol. The molecular weight excluding hydrogens is 383 g/mol. The summed E-state index contributed by atoms with van der Waals surface area (Å²) < 4.78 is 16.1. The van der Waals surface area contributed by atoms with E-state index in [9.17, 15) is 4.79 Å². The van der Waals surface area contributed by atoms with Gasteiger partial charge in [0.1, 0.15) is 0 Å². The van der Waals surface area contributed by atoms with E-state index in [0.29, 0.717) is 23.0 Å². The molecule has 1 unspecified atom stereocenters. The number of halogens is 1. The number of Topliss-reactive ketones (excluding diaryl/α,β-unsaturated/α-hetero) is 1. The van der Waals surface area contributed by atoms with Gasteiger partial charge < -0.3 is 0 Å². The van der Waals surface area contributed by atoms with Crippen molar-refractivity contribution in [3.63, 3.8) is 0 Å². The Morgan fingerprint density at radius 2 is 1.03 bits per heavy atom. The van der Waals surface area contributed by atoms with Crippen LogP contribution >= 0.6 is 0 Å². The molecule has 2 rings (SSSR count). The third-order valence-corrected chi connectivity index (χ3v) is 6.29. The Bertz CT molecular complexity index is 889. The van der Waals surface area contributed by atoms with E-state index in [1.54, 1.807) is 0 Å². The molecule has 0 saturated heterocycles. The van der Waals surface area contributed by atoms with Gasteiger partial charge in [-0.2, -0.15) is 0 Å². The van der Waals surface area contributed by atoms with Crippen molar-refractivity contribution < 1.29 is 9.18 Å². The topological polar surface area (TPSA) is 17.1 Å². The number of carbonyl (C=O) groups is 1. The Balaban J connectivity index is 2.68. The summed E-state index contributed by atoms with van der Waals surface area (Å²) >= 11 is 0. The predicted molar refractivity (Wildman–Crippen MR) is 132 cm³/mol. The van der Waals surface area contributed by atoms with E-state index in [0.717, 1.165) is 16.7 Å². The highest BCUT2D eigenvalue weighted by atomic mass is 19.1. The van der Waals surface area contributed by atoms with Crippen molar-refractivity contribution >= 4 is 5.78 Å².